The number of nitrogens with zero attached hydrogens (tertiary/aromatic N) is 3. The highest BCUT2D eigenvalue weighted by atomic mass is 19.1. The lowest BCUT2D eigenvalue weighted by molar-refractivity contribution is 0.386. The van der Waals surface area contributed by atoms with E-state index in [0.29, 0.717) is 12.2 Å². The molecule has 2 heterocycles. The van der Waals surface area contributed by atoms with Gasteiger partial charge in [0.1, 0.15) is 5.76 Å². The van der Waals surface area contributed by atoms with Crippen LogP contribution in [0, 0.1) is 5.82 Å². The first-order valence-electron chi connectivity index (χ1n) is 7.02. The zero-order valence-electron chi connectivity index (χ0n) is 12.8. The van der Waals surface area contributed by atoms with E-state index in [9.17, 15) is 4.39 Å². The third-order valence-electron chi connectivity index (χ3n) is 3.06. The van der Waals surface area contributed by atoms with Crippen molar-refractivity contribution in [1.29, 1.82) is 0 Å². The molecule has 0 aliphatic rings. The summed E-state index contributed by atoms with van der Waals surface area (Å²) in [5.41, 5.74) is 6.13. The van der Waals surface area contributed by atoms with Gasteiger partial charge >= 0.3 is 0 Å². The van der Waals surface area contributed by atoms with Crippen LogP contribution in [0.1, 0.15) is 5.76 Å². The van der Waals surface area contributed by atoms with Gasteiger partial charge in [0.2, 0.25) is 17.8 Å². The van der Waals surface area contributed by atoms with Crippen LogP contribution in [0.4, 0.5) is 27.9 Å². The molecule has 8 nitrogen and oxygen atoms in total. The molecule has 0 unspecified atom stereocenters. The molecule has 0 spiro atoms. The number of hydrogen-bond donors (Lipinski definition) is 3. The molecule has 4 N–H and O–H groups in total. The molecular formula is C15H15FN6O2. The van der Waals surface area contributed by atoms with Crippen molar-refractivity contribution in [2.45, 2.75) is 6.54 Å². The number of methoxy groups -OCH3 is 1. The lowest BCUT2D eigenvalue weighted by atomic mass is 10.3. The number of hydrogen-bond acceptors (Lipinski definition) is 8. The van der Waals surface area contributed by atoms with E-state index in [1.54, 1.807) is 18.4 Å². The van der Waals surface area contributed by atoms with Crippen molar-refractivity contribution in [3.63, 3.8) is 0 Å². The molecule has 0 amide bonds. The van der Waals surface area contributed by atoms with Gasteiger partial charge in [0.05, 0.1) is 19.9 Å². The molecule has 9 heteroatoms. The highest BCUT2D eigenvalue weighted by Gasteiger charge is 2.08. The van der Waals surface area contributed by atoms with Gasteiger partial charge in [-0.3, -0.25) is 0 Å². The van der Waals surface area contributed by atoms with Gasteiger partial charge in [0, 0.05) is 11.8 Å². The van der Waals surface area contributed by atoms with Gasteiger partial charge in [-0.2, -0.15) is 15.0 Å². The Morgan fingerprint density at radius 3 is 2.75 bits per heavy atom. The minimum atomic E-state index is -0.499. The molecule has 0 fully saturated rings. The second-order valence-corrected chi connectivity index (χ2v) is 4.75. The Kier molecular flexibility index (Phi) is 4.41. The first kappa shape index (κ1) is 15.5. The summed E-state index contributed by atoms with van der Waals surface area (Å²) in [5.74, 6) is 0.866. The maximum Gasteiger partial charge on any atom is 0.233 e. The Bertz CT molecular complexity index is 825. The highest BCUT2D eigenvalue weighted by molar-refractivity contribution is 5.56. The maximum absolute atomic E-state index is 13.7. The molecule has 3 rings (SSSR count). The fraction of sp³-hybridized carbons (Fsp3) is 0.133. The van der Waals surface area contributed by atoms with Gasteiger partial charge in [-0.05, 0) is 24.3 Å². The Hall–Kier alpha value is -3.36. The number of benzene rings is 1. The van der Waals surface area contributed by atoms with Crippen LogP contribution in [0.5, 0.6) is 5.75 Å². The van der Waals surface area contributed by atoms with Gasteiger partial charge in [0.15, 0.2) is 11.6 Å². The van der Waals surface area contributed by atoms with E-state index < -0.39 is 5.82 Å². The van der Waals surface area contributed by atoms with E-state index in [0.717, 1.165) is 5.76 Å². The van der Waals surface area contributed by atoms with Crippen molar-refractivity contribution in [1.82, 2.24) is 15.0 Å². The van der Waals surface area contributed by atoms with Crippen molar-refractivity contribution in [3.8, 4) is 5.75 Å². The van der Waals surface area contributed by atoms with Crippen LogP contribution in [-0.2, 0) is 6.54 Å². The summed E-state index contributed by atoms with van der Waals surface area (Å²) in [5, 5.41) is 5.84. The summed E-state index contributed by atoms with van der Waals surface area (Å²) < 4.78 is 23.8. The number of nitrogens with two attached hydrogens (primary N) is 1. The SMILES string of the molecule is COc1ccc(Nc2nc(N)nc(NCc3ccco3)n2)cc1F. The fourth-order valence-corrected chi connectivity index (χ4v) is 1.98. The quantitative estimate of drug-likeness (QED) is 0.632. The van der Waals surface area contributed by atoms with Crippen LogP contribution in [0.25, 0.3) is 0 Å². The summed E-state index contributed by atoms with van der Waals surface area (Å²) in [6.45, 7) is 0.396. The molecule has 0 saturated heterocycles. The van der Waals surface area contributed by atoms with Gasteiger partial charge in [-0.25, -0.2) is 4.39 Å². The third-order valence-corrected chi connectivity index (χ3v) is 3.06. The number of halogens is 1. The van der Waals surface area contributed by atoms with Crippen molar-refractivity contribution < 1.29 is 13.5 Å². The normalized spacial score (nSPS) is 10.4. The van der Waals surface area contributed by atoms with Crippen molar-refractivity contribution in [2.24, 2.45) is 0 Å². The summed E-state index contributed by atoms with van der Waals surface area (Å²) in [7, 11) is 1.40. The second kappa shape index (κ2) is 6.82. The van der Waals surface area contributed by atoms with E-state index in [-0.39, 0.29) is 23.6 Å². The molecule has 3 aromatic rings. The van der Waals surface area contributed by atoms with E-state index >= 15 is 0 Å². The zero-order chi connectivity index (χ0) is 16.9. The van der Waals surface area contributed by atoms with E-state index in [1.165, 1.54) is 19.2 Å². The largest absolute Gasteiger partial charge is 0.494 e. The molecule has 2 aromatic heterocycles. The number of furan rings is 1. The number of anilines is 4. The maximum atomic E-state index is 13.7. The lowest BCUT2D eigenvalue weighted by Gasteiger charge is -2.09. The molecule has 0 aliphatic carbocycles. The van der Waals surface area contributed by atoms with E-state index in [1.807, 2.05) is 6.07 Å². The third kappa shape index (κ3) is 3.69. The molecule has 0 bridgehead atoms. The topological polar surface area (TPSA) is 111 Å². The van der Waals surface area contributed by atoms with Gasteiger partial charge < -0.3 is 25.5 Å². The minimum Gasteiger partial charge on any atom is -0.494 e. The smallest absolute Gasteiger partial charge is 0.233 e. The standard InChI is InChI=1S/C15H15FN6O2/c1-23-12-5-4-9(7-11(12)16)19-15-21-13(17)20-14(22-15)18-8-10-3-2-6-24-10/h2-7H,8H2,1H3,(H4,17,18,19,20,21,22). The molecule has 0 saturated carbocycles. The number of rotatable bonds is 6. The van der Waals surface area contributed by atoms with Gasteiger partial charge in [-0.1, -0.05) is 0 Å². The van der Waals surface area contributed by atoms with Crippen LogP contribution in [-0.4, -0.2) is 22.1 Å². The van der Waals surface area contributed by atoms with E-state index in [4.69, 9.17) is 14.9 Å². The van der Waals surface area contributed by atoms with Crippen LogP contribution in [0.15, 0.2) is 41.0 Å². The first-order valence-corrected chi connectivity index (χ1v) is 7.02. The monoisotopic (exact) mass is 330 g/mol. The van der Waals surface area contributed by atoms with Crippen molar-refractivity contribution >= 4 is 23.5 Å². The number of aromatic nitrogens is 3. The lowest BCUT2D eigenvalue weighted by Crippen LogP contribution is -2.09. The molecular weight excluding hydrogens is 315 g/mol. The first-order chi connectivity index (χ1) is 11.6. The van der Waals surface area contributed by atoms with E-state index in [2.05, 4.69) is 25.6 Å². The zero-order valence-corrected chi connectivity index (χ0v) is 12.8. The summed E-state index contributed by atoms with van der Waals surface area (Å²) in [4.78, 5) is 12.1. The number of nitrogen functional groups attached to an aromatic ring is 1. The molecule has 124 valence electrons. The summed E-state index contributed by atoms with van der Waals surface area (Å²) in [6, 6.07) is 8.01. The predicted octanol–water partition coefficient (Wildman–Crippen LogP) is 2.55. The van der Waals surface area contributed by atoms with Crippen LogP contribution in [0.2, 0.25) is 0 Å². The molecule has 1 aromatic carbocycles. The van der Waals surface area contributed by atoms with Crippen LogP contribution in [0.3, 0.4) is 0 Å². The van der Waals surface area contributed by atoms with Crippen molar-refractivity contribution in [3.05, 3.63) is 48.2 Å². The molecule has 0 radical (unpaired) electrons. The number of nitrogens with one attached hydrogen (secondary N) is 2. The van der Waals surface area contributed by atoms with Gasteiger partial charge in [-0.15, -0.1) is 0 Å². The average Bonchev–Trinajstić information content (AvgIpc) is 3.06. The average molecular weight is 330 g/mol. The molecule has 0 atom stereocenters. The minimum absolute atomic E-state index is 0.0310. The Labute approximate surface area is 136 Å². The second-order valence-electron chi connectivity index (χ2n) is 4.75. The fourth-order valence-electron chi connectivity index (χ4n) is 1.98. The van der Waals surface area contributed by atoms with Crippen molar-refractivity contribution in [2.75, 3.05) is 23.5 Å². The highest BCUT2D eigenvalue weighted by Crippen LogP contribution is 2.22. The predicted molar refractivity (Wildman–Crippen MR) is 86.5 cm³/mol. The Balaban J connectivity index is 1.74. The van der Waals surface area contributed by atoms with Crippen LogP contribution >= 0.6 is 0 Å². The number of ether oxygens (including phenoxy) is 1. The van der Waals surface area contributed by atoms with Gasteiger partial charge in [0.25, 0.3) is 0 Å². The summed E-state index contributed by atoms with van der Waals surface area (Å²) >= 11 is 0. The molecule has 0 aliphatic heterocycles. The molecule has 24 heavy (non-hydrogen) atoms. The summed E-state index contributed by atoms with van der Waals surface area (Å²) in [6.07, 6.45) is 1.57. The Morgan fingerprint density at radius 1 is 1.21 bits per heavy atom. The Morgan fingerprint density at radius 2 is 2.04 bits per heavy atom. The van der Waals surface area contributed by atoms with Crippen LogP contribution < -0.4 is 21.1 Å².